The first-order valence-corrected chi connectivity index (χ1v) is 26.3. The van der Waals surface area contributed by atoms with Crippen molar-refractivity contribution in [1.82, 2.24) is 29.7 Å². The van der Waals surface area contributed by atoms with Crippen LogP contribution in [0.15, 0.2) is 91.0 Å². The highest BCUT2D eigenvalue weighted by Crippen LogP contribution is 2.18. The number of carbonyl (C=O) groups is 3. The second-order valence-corrected chi connectivity index (χ2v) is 18.0. The molecule has 20 nitrogen and oxygen atoms in total. The van der Waals surface area contributed by atoms with Crippen molar-refractivity contribution in [2.45, 2.75) is 26.2 Å². The van der Waals surface area contributed by atoms with E-state index in [1.165, 1.54) is 21.3 Å². The Bertz CT molecular complexity index is 2830. The molecule has 0 aliphatic carbocycles. The molecule has 0 fully saturated rings. The zero-order chi connectivity index (χ0) is 56.6. The number of esters is 3. The molecule has 0 atom stereocenters. The lowest BCUT2D eigenvalue weighted by molar-refractivity contribution is -0.142. The average molecular weight is 1100 g/mol. The number of aromatic nitrogens is 3. The number of nitrogens with zero attached hydrogens (tertiary/aromatic N) is 6. The zero-order valence-corrected chi connectivity index (χ0v) is 46.4. The van der Waals surface area contributed by atoms with Gasteiger partial charge in [-0.1, -0.05) is 29.7 Å². The maximum absolute atomic E-state index is 13.1. The van der Waals surface area contributed by atoms with Gasteiger partial charge in [0.05, 0.1) is 117 Å². The van der Waals surface area contributed by atoms with Crippen LogP contribution in [0.4, 0.5) is 0 Å². The molecule has 0 radical (unpaired) electrons. The van der Waals surface area contributed by atoms with Gasteiger partial charge >= 0.3 is 17.9 Å². The third kappa shape index (κ3) is 22.8. The number of fused-ring (bicyclic) bond motifs is 2. The van der Waals surface area contributed by atoms with Gasteiger partial charge in [-0.3, -0.25) is 24.5 Å². The Morgan fingerprint density at radius 1 is 0.438 bits per heavy atom. The normalized spacial score (nSPS) is 13.1. The minimum Gasteiger partial charge on any atom is -0.491 e. The summed E-state index contributed by atoms with van der Waals surface area (Å²) in [6, 6.07) is 27.6. The van der Waals surface area contributed by atoms with Gasteiger partial charge in [0.1, 0.15) is 36.1 Å². The van der Waals surface area contributed by atoms with Crippen LogP contribution in [0.5, 0.6) is 11.5 Å². The standard InChI is InChI=1S/C60H72N6O14/c1-70-25-27-75-29-31-77-33-35-79-54-17-13-46(14-18-54)9-11-48-37-52(62-56(39-48)59(68)73-4)43-64-21-23-65(41-50-7-6-8-51(61-50)42-66(24-22-64)45-58(67)72-3)44-53-38-49(40-57(63-53)60(69)74-5)12-10-47-15-19-55(20-16-47)80-36-34-78-32-30-76-28-26-71-2/h6-8,13-20,37-40H,21-36,41-45H2,1-5H3. The van der Waals surface area contributed by atoms with Gasteiger partial charge in [0.25, 0.3) is 0 Å². The van der Waals surface area contributed by atoms with Crippen LogP contribution in [0.2, 0.25) is 0 Å². The molecule has 0 saturated heterocycles. The zero-order valence-electron chi connectivity index (χ0n) is 46.4. The van der Waals surface area contributed by atoms with Crippen molar-refractivity contribution in [3.05, 3.63) is 147 Å². The number of methoxy groups -OCH3 is 5. The van der Waals surface area contributed by atoms with Gasteiger partial charge in [-0.2, -0.15) is 0 Å². The summed E-state index contributed by atoms with van der Waals surface area (Å²) in [4.78, 5) is 59.7. The van der Waals surface area contributed by atoms with Gasteiger partial charge in [-0.15, -0.1) is 0 Å². The van der Waals surface area contributed by atoms with E-state index in [1.54, 1.807) is 26.4 Å². The van der Waals surface area contributed by atoms with Crippen LogP contribution in [0, 0.1) is 23.7 Å². The molecular weight excluding hydrogens is 1030 g/mol. The molecule has 0 saturated carbocycles. The predicted molar refractivity (Wildman–Crippen MR) is 295 cm³/mol. The highest BCUT2D eigenvalue weighted by molar-refractivity contribution is 5.88. The molecular formula is C60H72N6O14. The molecule has 0 unspecified atom stereocenters. The van der Waals surface area contributed by atoms with E-state index in [2.05, 4.69) is 33.5 Å². The van der Waals surface area contributed by atoms with Crippen LogP contribution in [0.25, 0.3) is 0 Å². The number of benzene rings is 2. The molecule has 1 aliphatic rings. The Morgan fingerprint density at radius 2 is 0.838 bits per heavy atom. The van der Waals surface area contributed by atoms with Crippen molar-refractivity contribution in [2.24, 2.45) is 0 Å². The van der Waals surface area contributed by atoms with E-state index in [0.717, 1.165) is 22.5 Å². The van der Waals surface area contributed by atoms with Gasteiger partial charge in [0, 0.05) is 88.8 Å². The van der Waals surface area contributed by atoms with Crippen LogP contribution < -0.4 is 9.47 Å². The number of hydrogen-bond donors (Lipinski definition) is 0. The maximum atomic E-state index is 13.1. The van der Waals surface area contributed by atoms with Crippen molar-refractivity contribution in [3.63, 3.8) is 0 Å². The first-order valence-electron chi connectivity index (χ1n) is 26.3. The fourth-order valence-corrected chi connectivity index (χ4v) is 7.96. The number of ether oxygens (including phenoxy) is 11. The largest absolute Gasteiger partial charge is 0.491 e. The number of pyridine rings is 3. The summed E-state index contributed by atoms with van der Waals surface area (Å²) in [7, 11) is 7.26. The van der Waals surface area contributed by atoms with E-state index in [9.17, 15) is 14.4 Å². The molecule has 3 aromatic heterocycles. The number of carbonyl (C=O) groups excluding carboxylic acids is 3. The molecule has 0 spiro atoms. The van der Waals surface area contributed by atoms with E-state index in [-0.39, 0.29) is 23.9 Å². The lowest BCUT2D eigenvalue weighted by Crippen LogP contribution is -2.41. The van der Waals surface area contributed by atoms with Crippen molar-refractivity contribution in [3.8, 4) is 35.2 Å². The average Bonchev–Trinajstić information content (AvgIpc) is 3.48. The molecule has 426 valence electrons. The van der Waals surface area contributed by atoms with E-state index < -0.39 is 11.9 Å². The summed E-state index contributed by atoms with van der Waals surface area (Å²) < 4.78 is 58.9. The quantitative estimate of drug-likeness (QED) is 0.0284. The smallest absolute Gasteiger partial charge is 0.356 e. The third-order valence-corrected chi connectivity index (χ3v) is 12.0. The highest BCUT2D eigenvalue weighted by atomic mass is 16.6. The second kappa shape index (κ2) is 35.3. The molecule has 2 aromatic carbocycles. The van der Waals surface area contributed by atoms with E-state index in [0.29, 0.717) is 166 Å². The van der Waals surface area contributed by atoms with E-state index >= 15 is 0 Å². The minimum atomic E-state index is -0.597. The lowest BCUT2D eigenvalue weighted by Gasteiger charge is -2.31. The first-order chi connectivity index (χ1) is 39.1. The van der Waals surface area contributed by atoms with Crippen LogP contribution in [-0.4, -0.2) is 195 Å². The van der Waals surface area contributed by atoms with E-state index in [4.69, 9.17) is 67.1 Å². The maximum Gasteiger partial charge on any atom is 0.356 e. The first kappa shape index (κ1) is 61.9. The van der Waals surface area contributed by atoms with Crippen molar-refractivity contribution < 1.29 is 66.5 Å². The van der Waals surface area contributed by atoms with Crippen molar-refractivity contribution >= 4 is 17.9 Å². The van der Waals surface area contributed by atoms with Crippen LogP contribution in [-0.2, 0) is 73.6 Å². The highest BCUT2D eigenvalue weighted by Gasteiger charge is 2.21. The van der Waals surface area contributed by atoms with Gasteiger partial charge in [-0.25, -0.2) is 19.6 Å². The topological polar surface area (TPSA) is 201 Å². The van der Waals surface area contributed by atoms with Gasteiger partial charge in [-0.05, 0) is 84.9 Å². The summed E-state index contributed by atoms with van der Waals surface area (Å²) in [5, 5.41) is 0. The van der Waals surface area contributed by atoms with Gasteiger partial charge < -0.3 is 52.1 Å². The molecule has 6 rings (SSSR count). The van der Waals surface area contributed by atoms with Crippen molar-refractivity contribution in [2.75, 3.05) is 148 Å². The molecule has 1 aliphatic heterocycles. The number of hydrogen-bond acceptors (Lipinski definition) is 20. The monoisotopic (exact) mass is 1100 g/mol. The van der Waals surface area contributed by atoms with Crippen LogP contribution in [0.3, 0.4) is 0 Å². The number of rotatable bonds is 28. The summed E-state index contributed by atoms with van der Waals surface area (Å²) >= 11 is 0. The molecule has 4 heterocycles. The Labute approximate surface area is 468 Å². The summed E-state index contributed by atoms with van der Waals surface area (Å²) in [6.45, 7) is 9.14. The fraction of sp³-hybridized carbons (Fsp3) is 0.433. The summed E-state index contributed by atoms with van der Waals surface area (Å²) in [5.74, 6) is 12.6. The molecule has 20 heteroatoms. The fourth-order valence-electron chi connectivity index (χ4n) is 7.96. The van der Waals surface area contributed by atoms with Crippen molar-refractivity contribution in [1.29, 1.82) is 0 Å². The second-order valence-electron chi connectivity index (χ2n) is 18.0. The Morgan fingerprint density at radius 3 is 1.29 bits per heavy atom. The van der Waals surface area contributed by atoms with Crippen LogP contribution in [0.1, 0.15) is 66.0 Å². The summed E-state index contributed by atoms with van der Waals surface area (Å²) in [5.41, 5.74) is 5.66. The predicted octanol–water partition coefficient (Wildman–Crippen LogP) is 4.85. The Kier molecular flexibility index (Phi) is 27.3. The van der Waals surface area contributed by atoms with E-state index in [1.807, 2.05) is 83.8 Å². The molecule has 2 bridgehead atoms. The van der Waals surface area contributed by atoms with Gasteiger partial charge in [0.15, 0.2) is 0 Å². The summed E-state index contributed by atoms with van der Waals surface area (Å²) in [6.07, 6.45) is 0. The van der Waals surface area contributed by atoms with Gasteiger partial charge in [0.2, 0.25) is 0 Å². The Balaban J connectivity index is 1.18. The minimum absolute atomic E-state index is 0.0577. The molecule has 0 N–H and O–H groups in total. The molecule has 80 heavy (non-hydrogen) atoms. The third-order valence-electron chi connectivity index (χ3n) is 12.0. The molecule has 0 amide bonds. The lowest BCUT2D eigenvalue weighted by atomic mass is 10.1. The SMILES string of the molecule is COCCOCCOCCOc1ccc(C#Cc2cc(CN3CCN(CC(=O)OC)Cc4cccc(n4)CN(Cc4cc(C#Cc5ccc(OCCOCCOCCOC)cc5)cc(C(=O)OC)n4)CC3)nc(C(=O)OC)c2)cc1. The van der Waals surface area contributed by atoms with Crippen LogP contribution >= 0.6 is 0 Å². The molecule has 5 aromatic rings. The Hall–Kier alpha value is -7.34.